The van der Waals surface area contributed by atoms with Crippen molar-refractivity contribution in [3.05, 3.63) is 63.6 Å². The molecule has 0 atom stereocenters. The topological polar surface area (TPSA) is 46.3 Å². The van der Waals surface area contributed by atoms with Crippen molar-refractivity contribution >= 4 is 27.5 Å². The van der Waals surface area contributed by atoms with E-state index in [1.807, 2.05) is 49.4 Å². The quantitative estimate of drug-likeness (QED) is 0.872. The van der Waals surface area contributed by atoms with Gasteiger partial charge in [-0.1, -0.05) is 28.1 Å². The van der Waals surface area contributed by atoms with E-state index >= 15 is 0 Å². The Morgan fingerprint density at radius 2 is 1.85 bits per heavy atom. The van der Waals surface area contributed by atoms with E-state index in [1.54, 1.807) is 11.9 Å². The Morgan fingerprint density at radius 1 is 1.20 bits per heavy atom. The fourth-order valence-electron chi connectivity index (χ4n) is 2.05. The van der Waals surface area contributed by atoms with E-state index in [4.69, 9.17) is 5.73 Å². The highest BCUT2D eigenvalue weighted by atomic mass is 79.9. The van der Waals surface area contributed by atoms with Crippen molar-refractivity contribution in [3.63, 3.8) is 0 Å². The molecule has 1 amide bonds. The zero-order valence-electron chi connectivity index (χ0n) is 11.6. The highest BCUT2D eigenvalue weighted by molar-refractivity contribution is 9.10. The molecule has 0 fully saturated rings. The minimum atomic E-state index is 0.00576. The van der Waals surface area contributed by atoms with Gasteiger partial charge in [0.25, 0.3) is 5.91 Å². The molecule has 0 aliphatic carbocycles. The molecule has 0 radical (unpaired) electrons. The van der Waals surface area contributed by atoms with Crippen molar-refractivity contribution in [3.8, 4) is 0 Å². The summed E-state index contributed by atoms with van der Waals surface area (Å²) in [5, 5.41) is 0. The molecule has 2 rings (SSSR count). The molecule has 2 aromatic rings. The minimum absolute atomic E-state index is 0.00576. The van der Waals surface area contributed by atoms with Gasteiger partial charge in [0.1, 0.15) is 0 Å². The van der Waals surface area contributed by atoms with Gasteiger partial charge in [0, 0.05) is 29.3 Å². The lowest BCUT2D eigenvalue weighted by Gasteiger charge is -2.18. The monoisotopic (exact) mass is 332 g/mol. The smallest absolute Gasteiger partial charge is 0.253 e. The number of amides is 1. The van der Waals surface area contributed by atoms with Crippen LogP contribution < -0.4 is 5.73 Å². The number of rotatable bonds is 3. The summed E-state index contributed by atoms with van der Waals surface area (Å²) in [6.07, 6.45) is 0. The predicted molar refractivity (Wildman–Crippen MR) is 85.5 cm³/mol. The first-order valence-electron chi connectivity index (χ1n) is 6.33. The lowest BCUT2D eigenvalue weighted by molar-refractivity contribution is 0.0785. The van der Waals surface area contributed by atoms with E-state index in [2.05, 4.69) is 15.9 Å². The molecular formula is C16H17BrN2O. The minimum Gasteiger partial charge on any atom is -0.399 e. The molecule has 4 heteroatoms. The number of halogens is 1. The molecule has 20 heavy (non-hydrogen) atoms. The van der Waals surface area contributed by atoms with E-state index < -0.39 is 0 Å². The van der Waals surface area contributed by atoms with Gasteiger partial charge in [0.2, 0.25) is 0 Å². The molecule has 0 bridgehead atoms. The van der Waals surface area contributed by atoms with Gasteiger partial charge in [-0.05, 0) is 48.4 Å². The number of carbonyl (C=O) groups excluding carboxylic acids is 1. The Morgan fingerprint density at radius 3 is 2.45 bits per heavy atom. The van der Waals surface area contributed by atoms with E-state index in [1.165, 1.54) is 0 Å². The normalized spacial score (nSPS) is 10.3. The maximum atomic E-state index is 12.4. The summed E-state index contributed by atoms with van der Waals surface area (Å²) in [4.78, 5) is 14.1. The Hall–Kier alpha value is -1.81. The van der Waals surface area contributed by atoms with Gasteiger partial charge >= 0.3 is 0 Å². The van der Waals surface area contributed by atoms with Crippen LogP contribution in [0.3, 0.4) is 0 Å². The van der Waals surface area contributed by atoms with Gasteiger partial charge in [0.15, 0.2) is 0 Å². The summed E-state index contributed by atoms with van der Waals surface area (Å²) in [5.74, 6) is 0.00576. The number of hydrogen-bond acceptors (Lipinski definition) is 2. The van der Waals surface area contributed by atoms with Crippen LogP contribution in [-0.4, -0.2) is 17.9 Å². The van der Waals surface area contributed by atoms with Crippen LogP contribution in [0.5, 0.6) is 0 Å². The van der Waals surface area contributed by atoms with E-state index in [9.17, 15) is 4.79 Å². The Kier molecular flexibility index (Phi) is 4.45. The average Bonchev–Trinajstić information content (AvgIpc) is 2.39. The van der Waals surface area contributed by atoms with Crippen molar-refractivity contribution in [1.82, 2.24) is 4.90 Å². The number of hydrogen-bond donors (Lipinski definition) is 1. The first kappa shape index (κ1) is 14.6. The van der Waals surface area contributed by atoms with E-state index in [0.717, 1.165) is 21.3 Å². The Bertz CT molecular complexity index is 603. The second kappa shape index (κ2) is 6.09. The summed E-state index contributed by atoms with van der Waals surface area (Å²) >= 11 is 3.42. The van der Waals surface area contributed by atoms with Gasteiger partial charge in [-0.2, -0.15) is 0 Å². The first-order chi connectivity index (χ1) is 9.45. The fourth-order valence-corrected chi connectivity index (χ4v) is 2.66. The van der Waals surface area contributed by atoms with Gasteiger partial charge in [-0.3, -0.25) is 4.79 Å². The third-order valence-corrected chi connectivity index (χ3v) is 3.49. The van der Waals surface area contributed by atoms with Crippen LogP contribution in [0.2, 0.25) is 0 Å². The van der Waals surface area contributed by atoms with Gasteiger partial charge in [-0.15, -0.1) is 0 Å². The molecule has 0 spiro atoms. The fraction of sp³-hybridized carbons (Fsp3) is 0.188. The molecule has 0 unspecified atom stereocenters. The summed E-state index contributed by atoms with van der Waals surface area (Å²) < 4.78 is 0.918. The number of aryl methyl sites for hydroxylation is 1. The molecule has 2 aromatic carbocycles. The van der Waals surface area contributed by atoms with Crippen LogP contribution in [0.1, 0.15) is 21.5 Å². The van der Waals surface area contributed by atoms with Crippen LogP contribution in [0.25, 0.3) is 0 Å². The van der Waals surface area contributed by atoms with Crippen molar-refractivity contribution in [2.75, 3.05) is 12.8 Å². The summed E-state index contributed by atoms with van der Waals surface area (Å²) in [6, 6.07) is 13.3. The van der Waals surface area contributed by atoms with Gasteiger partial charge in [0.05, 0.1) is 0 Å². The summed E-state index contributed by atoms with van der Waals surface area (Å²) in [5.41, 5.74) is 9.19. The Labute approximate surface area is 127 Å². The second-order valence-corrected chi connectivity index (χ2v) is 5.84. The van der Waals surface area contributed by atoms with Crippen molar-refractivity contribution in [2.45, 2.75) is 13.5 Å². The molecular weight excluding hydrogens is 316 g/mol. The number of nitrogens with two attached hydrogens (primary N) is 1. The molecule has 2 N–H and O–H groups in total. The average molecular weight is 333 g/mol. The molecule has 3 nitrogen and oxygen atoms in total. The van der Waals surface area contributed by atoms with Crippen molar-refractivity contribution in [2.24, 2.45) is 0 Å². The summed E-state index contributed by atoms with van der Waals surface area (Å²) in [7, 11) is 1.80. The van der Waals surface area contributed by atoms with Crippen molar-refractivity contribution in [1.29, 1.82) is 0 Å². The largest absolute Gasteiger partial charge is 0.399 e. The zero-order chi connectivity index (χ0) is 14.7. The van der Waals surface area contributed by atoms with Crippen molar-refractivity contribution < 1.29 is 4.79 Å². The number of nitrogens with zero attached hydrogens (tertiary/aromatic N) is 1. The predicted octanol–water partition coefficient (Wildman–Crippen LogP) is 3.61. The van der Waals surface area contributed by atoms with Crippen LogP contribution in [0.15, 0.2) is 46.9 Å². The molecule has 0 heterocycles. The van der Waals surface area contributed by atoms with Crippen LogP contribution in [0.4, 0.5) is 5.69 Å². The van der Waals surface area contributed by atoms with E-state index in [-0.39, 0.29) is 5.91 Å². The van der Waals surface area contributed by atoms with Crippen LogP contribution in [-0.2, 0) is 6.54 Å². The number of benzene rings is 2. The zero-order valence-corrected chi connectivity index (χ0v) is 13.1. The maximum absolute atomic E-state index is 12.4. The number of nitrogen functional groups attached to an aromatic ring is 1. The third-order valence-electron chi connectivity index (χ3n) is 3.04. The van der Waals surface area contributed by atoms with E-state index in [0.29, 0.717) is 12.1 Å². The second-order valence-electron chi connectivity index (χ2n) is 4.92. The lowest BCUT2D eigenvalue weighted by atomic mass is 10.1. The summed E-state index contributed by atoms with van der Waals surface area (Å²) in [6.45, 7) is 2.53. The SMILES string of the molecule is Cc1cc(Br)cc(C(=O)N(C)Cc2ccc(N)cc2)c1. The highest BCUT2D eigenvalue weighted by Crippen LogP contribution is 2.17. The molecule has 0 saturated carbocycles. The standard InChI is InChI=1S/C16H17BrN2O/c1-11-7-13(9-14(17)8-11)16(20)19(2)10-12-3-5-15(18)6-4-12/h3-9H,10,18H2,1-2H3. The number of anilines is 1. The first-order valence-corrected chi connectivity index (χ1v) is 7.12. The molecule has 0 aliphatic heterocycles. The molecule has 0 aromatic heterocycles. The van der Waals surface area contributed by atoms with Crippen LogP contribution >= 0.6 is 15.9 Å². The number of carbonyl (C=O) groups is 1. The molecule has 0 saturated heterocycles. The molecule has 104 valence electrons. The van der Waals surface area contributed by atoms with Gasteiger partial charge in [-0.25, -0.2) is 0 Å². The Balaban J connectivity index is 2.14. The lowest BCUT2D eigenvalue weighted by Crippen LogP contribution is -2.26. The maximum Gasteiger partial charge on any atom is 0.253 e. The van der Waals surface area contributed by atoms with Crippen LogP contribution in [0, 0.1) is 6.92 Å². The van der Waals surface area contributed by atoms with Gasteiger partial charge < -0.3 is 10.6 Å². The highest BCUT2D eigenvalue weighted by Gasteiger charge is 2.13. The third kappa shape index (κ3) is 3.61. The molecule has 0 aliphatic rings.